The summed E-state index contributed by atoms with van der Waals surface area (Å²) < 4.78 is 0. The molecule has 3 saturated carbocycles. The standard InChI is InChI=1S/C22H21Cl2N7O3.C9H14/c1-12(26-19(25)14-8-4-6-10-16(14)31(2)11-32)27-22(34)18-17(24)20(30-29-18)28-21(33)13-7-3-5-9-15(13)23;1-2-8-4-6-9(8)5-3-7(1)9/h3-12H,1-2H3,(H2,25,26)(H,27,34)(H2,28,29,30,33);7-8H,1-6H2. The lowest BCUT2D eigenvalue weighted by Crippen LogP contribution is -2.47. The van der Waals surface area contributed by atoms with Crippen LogP contribution in [0.4, 0.5) is 11.5 Å². The molecule has 3 amide bonds. The molecule has 0 radical (unpaired) electrons. The maximum absolute atomic E-state index is 12.7. The average Bonchev–Trinajstić information content (AvgIpc) is 3.40. The van der Waals surface area contributed by atoms with Crippen LogP contribution in [0, 0.1) is 17.3 Å². The van der Waals surface area contributed by atoms with Gasteiger partial charge >= 0.3 is 0 Å². The van der Waals surface area contributed by atoms with Crippen LogP contribution in [0.1, 0.15) is 71.9 Å². The van der Waals surface area contributed by atoms with Crippen LogP contribution in [0.25, 0.3) is 0 Å². The maximum Gasteiger partial charge on any atom is 0.272 e. The minimum atomic E-state index is -0.748. The number of nitrogens with two attached hydrogens (primary N) is 1. The molecule has 43 heavy (non-hydrogen) atoms. The fraction of sp³-hybridized carbons (Fsp3) is 0.387. The van der Waals surface area contributed by atoms with Crippen molar-refractivity contribution in [2.45, 2.75) is 51.6 Å². The second-order valence-corrected chi connectivity index (χ2v) is 12.2. The third-order valence-corrected chi connectivity index (χ3v) is 9.78. The minimum absolute atomic E-state index is 0.0294. The van der Waals surface area contributed by atoms with Crippen LogP contribution in [-0.2, 0) is 4.79 Å². The number of H-pyrrole nitrogens is 1. The summed E-state index contributed by atoms with van der Waals surface area (Å²) in [6.45, 7) is 1.61. The Bertz CT molecular complexity index is 1540. The summed E-state index contributed by atoms with van der Waals surface area (Å²) in [5, 5.41) is 11.7. The first kappa shape index (κ1) is 30.6. The van der Waals surface area contributed by atoms with Crippen molar-refractivity contribution in [3.8, 4) is 0 Å². The van der Waals surface area contributed by atoms with Crippen molar-refractivity contribution in [1.82, 2.24) is 15.5 Å². The van der Waals surface area contributed by atoms with Gasteiger partial charge in [0.05, 0.1) is 16.3 Å². The lowest BCUT2D eigenvalue weighted by atomic mass is 9.49. The van der Waals surface area contributed by atoms with E-state index in [1.54, 1.807) is 101 Å². The van der Waals surface area contributed by atoms with Gasteiger partial charge in [-0.1, -0.05) is 47.5 Å². The molecule has 1 aromatic heterocycles. The van der Waals surface area contributed by atoms with E-state index in [0.29, 0.717) is 17.7 Å². The normalized spacial score (nSPS) is 22.4. The van der Waals surface area contributed by atoms with E-state index in [1.165, 1.54) is 16.7 Å². The lowest BCUT2D eigenvalue weighted by molar-refractivity contribution is -0.107. The largest absolute Gasteiger partial charge is 0.383 e. The van der Waals surface area contributed by atoms with Gasteiger partial charge in [0.1, 0.15) is 22.7 Å². The first-order chi connectivity index (χ1) is 20.6. The summed E-state index contributed by atoms with van der Waals surface area (Å²) in [5.74, 6) is 1.36. The molecule has 3 unspecified atom stereocenters. The Labute approximate surface area is 260 Å². The predicted molar refractivity (Wildman–Crippen MR) is 169 cm³/mol. The number of amidine groups is 1. The van der Waals surface area contributed by atoms with E-state index < -0.39 is 18.0 Å². The van der Waals surface area contributed by atoms with Crippen LogP contribution in [0.3, 0.4) is 0 Å². The topological polar surface area (TPSA) is 146 Å². The number of halogens is 2. The number of rotatable bonds is 8. The first-order valence-corrected chi connectivity index (χ1v) is 15.1. The zero-order chi connectivity index (χ0) is 30.7. The van der Waals surface area contributed by atoms with Gasteiger partial charge in [0, 0.05) is 12.6 Å². The van der Waals surface area contributed by atoms with Crippen molar-refractivity contribution in [1.29, 1.82) is 0 Å². The number of para-hydroxylation sites is 1. The van der Waals surface area contributed by atoms with Crippen molar-refractivity contribution >= 4 is 58.8 Å². The van der Waals surface area contributed by atoms with E-state index in [-0.39, 0.29) is 33.0 Å². The molecule has 12 heteroatoms. The quantitative estimate of drug-likeness (QED) is 0.146. The number of hydrogen-bond acceptors (Lipinski definition) is 5. The number of hydrogen-bond donors (Lipinski definition) is 4. The zero-order valence-corrected chi connectivity index (χ0v) is 25.6. The van der Waals surface area contributed by atoms with Gasteiger partial charge in [-0.05, 0) is 87.0 Å². The summed E-state index contributed by atoms with van der Waals surface area (Å²) >= 11 is 12.3. The number of nitrogens with one attached hydrogen (secondary N) is 3. The van der Waals surface area contributed by atoms with Crippen LogP contribution in [0.2, 0.25) is 10.0 Å². The van der Waals surface area contributed by atoms with Crippen molar-refractivity contribution in [3.05, 3.63) is 75.4 Å². The fourth-order valence-corrected chi connectivity index (χ4v) is 7.02. The second-order valence-electron chi connectivity index (χ2n) is 11.4. The molecule has 1 heterocycles. The van der Waals surface area contributed by atoms with E-state index in [2.05, 4.69) is 25.8 Å². The predicted octanol–water partition coefficient (Wildman–Crippen LogP) is 5.63. The molecule has 3 fully saturated rings. The Hall–Kier alpha value is -3.89. The Morgan fingerprint density at radius 2 is 1.67 bits per heavy atom. The molecule has 3 aliphatic rings. The number of carbonyl (C=O) groups is 3. The lowest BCUT2D eigenvalue weighted by Gasteiger charge is -2.56. The molecule has 0 saturated heterocycles. The van der Waals surface area contributed by atoms with E-state index >= 15 is 0 Å². The number of benzene rings is 2. The highest BCUT2D eigenvalue weighted by Crippen LogP contribution is 2.70. The van der Waals surface area contributed by atoms with E-state index in [9.17, 15) is 14.4 Å². The number of aliphatic imine (C=N–C) groups is 1. The highest BCUT2D eigenvalue weighted by Gasteiger charge is 2.60. The molecular weight excluding hydrogens is 589 g/mol. The monoisotopic (exact) mass is 623 g/mol. The molecule has 3 aliphatic carbocycles. The third kappa shape index (κ3) is 6.12. The molecule has 5 N–H and O–H groups in total. The summed E-state index contributed by atoms with van der Waals surface area (Å²) in [6, 6.07) is 13.4. The van der Waals surface area contributed by atoms with Crippen molar-refractivity contribution < 1.29 is 14.4 Å². The molecular formula is C31H35Cl2N7O3. The van der Waals surface area contributed by atoms with Crippen molar-refractivity contribution in [2.24, 2.45) is 28.0 Å². The van der Waals surface area contributed by atoms with E-state index in [1.807, 2.05) is 0 Å². The maximum atomic E-state index is 12.7. The van der Waals surface area contributed by atoms with Crippen LogP contribution in [-0.4, -0.2) is 47.5 Å². The summed E-state index contributed by atoms with van der Waals surface area (Å²) in [4.78, 5) is 41.9. The second kappa shape index (κ2) is 12.8. The third-order valence-electron chi connectivity index (χ3n) is 9.08. The van der Waals surface area contributed by atoms with Crippen LogP contribution in [0.5, 0.6) is 0 Å². The van der Waals surface area contributed by atoms with Gasteiger partial charge in [0.15, 0.2) is 5.82 Å². The van der Waals surface area contributed by atoms with Gasteiger partial charge in [-0.15, -0.1) is 0 Å². The van der Waals surface area contributed by atoms with Crippen LogP contribution in [0.15, 0.2) is 53.5 Å². The molecule has 0 bridgehead atoms. The fourth-order valence-electron chi connectivity index (χ4n) is 6.58. The van der Waals surface area contributed by atoms with Gasteiger partial charge in [-0.2, -0.15) is 5.10 Å². The van der Waals surface area contributed by atoms with Crippen LogP contribution < -0.4 is 21.3 Å². The van der Waals surface area contributed by atoms with Crippen molar-refractivity contribution in [2.75, 3.05) is 17.3 Å². The summed E-state index contributed by atoms with van der Waals surface area (Å²) in [5.41, 5.74) is 8.33. The van der Waals surface area contributed by atoms with Gasteiger partial charge in [0.2, 0.25) is 6.41 Å². The average molecular weight is 625 g/mol. The van der Waals surface area contributed by atoms with Gasteiger partial charge < -0.3 is 21.3 Å². The smallest absolute Gasteiger partial charge is 0.272 e. The van der Waals surface area contributed by atoms with Gasteiger partial charge in [-0.25, -0.2) is 4.99 Å². The SMILES string of the molecule is C1CC2CCC23CCC13.CC(/N=C(/N)c1ccccc1N(C)C=O)NC(=O)c1[nH]nc(NC(=O)c2ccccc2Cl)c1Cl. The highest BCUT2D eigenvalue weighted by molar-refractivity contribution is 6.37. The molecule has 2 aromatic carbocycles. The van der Waals surface area contributed by atoms with Gasteiger partial charge in [-0.3, -0.25) is 19.5 Å². The molecule has 6 rings (SSSR count). The van der Waals surface area contributed by atoms with Crippen LogP contribution >= 0.6 is 23.2 Å². The molecule has 1 spiro atoms. The molecule has 226 valence electrons. The first-order valence-electron chi connectivity index (χ1n) is 14.4. The Kier molecular flexibility index (Phi) is 9.08. The molecule has 3 aromatic rings. The number of aromatic nitrogens is 2. The zero-order valence-electron chi connectivity index (χ0n) is 24.1. The number of anilines is 2. The van der Waals surface area contributed by atoms with E-state index in [4.69, 9.17) is 28.9 Å². The van der Waals surface area contributed by atoms with E-state index in [0.717, 1.165) is 5.41 Å². The van der Waals surface area contributed by atoms with Gasteiger partial charge in [0.25, 0.3) is 11.8 Å². The summed E-state index contributed by atoms with van der Waals surface area (Å²) in [6.07, 6.45) is 9.44. The number of carbonyl (C=O) groups excluding carboxylic acids is 3. The number of aromatic amines is 1. The molecule has 10 nitrogen and oxygen atoms in total. The number of amides is 3. The highest BCUT2D eigenvalue weighted by atomic mass is 35.5. The minimum Gasteiger partial charge on any atom is -0.383 e. The number of nitrogens with zero attached hydrogens (tertiary/aromatic N) is 3. The van der Waals surface area contributed by atoms with Crippen molar-refractivity contribution in [3.63, 3.8) is 0 Å². The Morgan fingerprint density at radius 3 is 2.26 bits per heavy atom. The summed E-state index contributed by atoms with van der Waals surface area (Å²) in [7, 11) is 1.59. The Balaban J connectivity index is 0.000000339. The molecule has 0 aliphatic heterocycles. The Morgan fingerprint density at radius 1 is 1.05 bits per heavy atom. The molecule has 3 atom stereocenters.